The number of thiophene rings is 1. The molecule has 164 valence electrons. The van der Waals surface area contributed by atoms with Gasteiger partial charge in [-0.1, -0.05) is 6.42 Å². The Morgan fingerprint density at radius 2 is 2.07 bits per heavy atom. The summed E-state index contributed by atoms with van der Waals surface area (Å²) in [5, 5.41) is 7.08. The largest absolute Gasteiger partial charge is 0.379 e. The van der Waals surface area contributed by atoms with E-state index in [2.05, 4.69) is 51.4 Å². The molecule has 1 aromatic heterocycles. The smallest absolute Gasteiger partial charge is 0.191 e. The lowest BCUT2D eigenvalue weighted by atomic mass is 10.0. The Morgan fingerprint density at radius 3 is 2.76 bits per heavy atom. The molecule has 2 aliphatic rings. The van der Waals surface area contributed by atoms with Crippen molar-refractivity contribution in [3.8, 4) is 0 Å². The fraction of sp³-hybridized carbons (Fsp3) is 0.773. The van der Waals surface area contributed by atoms with Gasteiger partial charge in [-0.3, -0.25) is 9.89 Å². The van der Waals surface area contributed by atoms with Crippen molar-refractivity contribution in [2.24, 2.45) is 4.99 Å². The van der Waals surface area contributed by atoms with Crippen molar-refractivity contribution in [2.45, 2.75) is 51.6 Å². The number of nitrogens with zero attached hydrogens (tertiary/aromatic N) is 3. The van der Waals surface area contributed by atoms with Gasteiger partial charge in [0.2, 0.25) is 0 Å². The molecule has 2 aliphatic heterocycles. The quantitative estimate of drug-likeness (QED) is 0.384. The molecule has 1 aromatic rings. The van der Waals surface area contributed by atoms with Crippen LogP contribution in [0.5, 0.6) is 0 Å². The van der Waals surface area contributed by atoms with Gasteiger partial charge in [-0.15, -0.1) is 11.3 Å². The second-order valence-corrected chi connectivity index (χ2v) is 9.55. The standard InChI is InChI=1S/C22H39N5OS/c1-18-7-4-5-11-26(18)12-6-10-24-22(23-3)25-17-20(21-9-8-19(2)29-21)27-13-15-28-16-14-27/h8-9,18,20H,4-7,10-17H2,1-3H3,(H2,23,24,25). The fourth-order valence-electron chi connectivity index (χ4n) is 4.32. The lowest BCUT2D eigenvalue weighted by molar-refractivity contribution is 0.0177. The van der Waals surface area contributed by atoms with E-state index >= 15 is 0 Å². The lowest BCUT2D eigenvalue weighted by Crippen LogP contribution is -2.46. The summed E-state index contributed by atoms with van der Waals surface area (Å²) < 4.78 is 5.56. The van der Waals surface area contributed by atoms with E-state index in [0.717, 1.165) is 57.8 Å². The van der Waals surface area contributed by atoms with E-state index in [-0.39, 0.29) is 0 Å². The Balaban J connectivity index is 1.45. The predicted octanol–water partition coefficient (Wildman–Crippen LogP) is 2.86. The summed E-state index contributed by atoms with van der Waals surface area (Å²) in [4.78, 5) is 12.4. The van der Waals surface area contributed by atoms with Gasteiger partial charge in [0.15, 0.2) is 5.96 Å². The molecule has 2 fully saturated rings. The molecule has 2 unspecified atom stereocenters. The van der Waals surface area contributed by atoms with Crippen LogP contribution in [-0.2, 0) is 4.74 Å². The highest BCUT2D eigenvalue weighted by molar-refractivity contribution is 7.12. The first-order valence-electron chi connectivity index (χ1n) is 11.2. The minimum absolute atomic E-state index is 0.366. The van der Waals surface area contributed by atoms with Gasteiger partial charge in [-0.05, 0) is 51.8 Å². The van der Waals surface area contributed by atoms with Crippen LogP contribution in [0.2, 0.25) is 0 Å². The lowest BCUT2D eigenvalue weighted by Gasteiger charge is -2.34. The van der Waals surface area contributed by atoms with Gasteiger partial charge in [0.25, 0.3) is 0 Å². The molecular weight excluding hydrogens is 382 g/mol. The monoisotopic (exact) mass is 421 g/mol. The Bertz CT molecular complexity index is 628. The van der Waals surface area contributed by atoms with Crippen LogP contribution in [0.3, 0.4) is 0 Å². The summed E-state index contributed by atoms with van der Waals surface area (Å²) in [5.41, 5.74) is 0. The second-order valence-electron chi connectivity index (χ2n) is 8.23. The zero-order valence-electron chi connectivity index (χ0n) is 18.5. The number of likely N-dealkylation sites (tertiary alicyclic amines) is 1. The number of piperidine rings is 1. The third-order valence-electron chi connectivity index (χ3n) is 6.12. The molecule has 0 radical (unpaired) electrons. The van der Waals surface area contributed by atoms with E-state index < -0.39 is 0 Å². The summed E-state index contributed by atoms with van der Waals surface area (Å²) >= 11 is 1.90. The molecule has 7 heteroatoms. The number of nitrogens with one attached hydrogen (secondary N) is 2. The Labute approximate surface area is 180 Å². The predicted molar refractivity (Wildman–Crippen MR) is 123 cm³/mol. The van der Waals surface area contributed by atoms with Crippen molar-refractivity contribution < 1.29 is 4.74 Å². The van der Waals surface area contributed by atoms with Crippen LogP contribution in [-0.4, -0.2) is 81.3 Å². The number of morpholine rings is 1. The van der Waals surface area contributed by atoms with Crippen LogP contribution in [0, 0.1) is 6.92 Å². The summed E-state index contributed by atoms with van der Waals surface area (Å²) in [5.74, 6) is 0.906. The van der Waals surface area contributed by atoms with Gasteiger partial charge in [0, 0.05) is 55.6 Å². The van der Waals surface area contributed by atoms with Crippen LogP contribution >= 0.6 is 11.3 Å². The minimum atomic E-state index is 0.366. The van der Waals surface area contributed by atoms with Crippen molar-refractivity contribution in [1.82, 2.24) is 20.4 Å². The molecule has 3 heterocycles. The van der Waals surface area contributed by atoms with Gasteiger partial charge < -0.3 is 20.3 Å². The number of hydrogen-bond acceptors (Lipinski definition) is 5. The first-order valence-corrected chi connectivity index (χ1v) is 12.1. The van der Waals surface area contributed by atoms with Gasteiger partial charge in [-0.2, -0.15) is 0 Å². The maximum absolute atomic E-state index is 5.56. The van der Waals surface area contributed by atoms with Crippen LogP contribution in [0.25, 0.3) is 0 Å². The van der Waals surface area contributed by atoms with Gasteiger partial charge >= 0.3 is 0 Å². The Kier molecular flexibility index (Phi) is 9.24. The van der Waals surface area contributed by atoms with Crippen molar-refractivity contribution in [1.29, 1.82) is 0 Å². The molecular formula is C22H39N5OS. The number of aliphatic imine (C=N–C) groups is 1. The van der Waals surface area contributed by atoms with Gasteiger partial charge in [0.05, 0.1) is 19.3 Å². The maximum Gasteiger partial charge on any atom is 0.191 e. The average molecular weight is 422 g/mol. The topological polar surface area (TPSA) is 52.1 Å². The van der Waals surface area contributed by atoms with Gasteiger partial charge in [0.1, 0.15) is 0 Å². The second kappa shape index (κ2) is 11.9. The number of guanidine groups is 1. The highest BCUT2D eigenvalue weighted by atomic mass is 32.1. The first-order chi connectivity index (χ1) is 14.2. The minimum Gasteiger partial charge on any atom is -0.379 e. The van der Waals surface area contributed by atoms with Gasteiger partial charge in [-0.25, -0.2) is 0 Å². The molecule has 0 saturated carbocycles. The normalized spacial score (nSPS) is 23.1. The van der Waals surface area contributed by atoms with Crippen LogP contribution in [0.15, 0.2) is 17.1 Å². The number of aryl methyl sites for hydroxylation is 1. The zero-order valence-corrected chi connectivity index (χ0v) is 19.3. The molecule has 0 spiro atoms. The highest BCUT2D eigenvalue weighted by Crippen LogP contribution is 2.27. The molecule has 6 nitrogen and oxygen atoms in total. The Morgan fingerprint density at radius 1 is 1.24 bits per heavy atom. The van der Waals surface area contributed by atoms with Crippen LogP contribution in [0.4, 0.5) is 0 Å². The first kappa shape index (κ1) is 22.5. The molecule has 3 rings (SSSR count). The molecule has 0 bridgehead atoms. The summed E-state index contributed by atoms with van der Waals surface area (Å²) in [7, 11) is 1.86. The van der Waals surface area contributed by atoms with E-state index in [0.29, 0.717) is 6.04 Å². The zero-order chi connectivity index (χ0) is 20.5. The summed E-state index contributed by atoms with van der Waals surface area (Å²) in [6.45, 7) is 12.4. The highest BCUT2D eigenvalue weighted by Gasteiger charge is 2.24. The maximum atomic E-state index is 5.56. The number of ether oxygens (including phenoxy) is 1. The van der Waals surface area contributed by atoms with E-state index in [1.165, 1.54) is 42.1 Å². The van der Waals surface area contributed by atoms with Crippen molar-refractivity contribution >= 4 is 17.3 Å². The Hall–Kier alpha value is -1.15. The molecule has 0 aromatic carbocycles. The van der Waals surface area contributed by atoms with Crippen molar-refractivity contribution in [3.63, 3.8) is 0 Å². The molecule has 29 heavy (non-hydrogen) atoms. The fourth-order valence-corrected chi connectivity index (χ4v) is 5.34. The van der Waals surface area contributed by atoms with Crippen LogP contribution < -0.4 is 10.6 Å². The third-order valence-corrected chi connectivity index (χ3v) is 7.22. The molecule has 0 aliphatic carbocycles. The number of hydrogen-bond donors (Lipinski definition) is 2. The van der Waals surface area contributed by atoms with E-state index in [1.807, 2.05) is 18.4 Å². The van der Waals surface area contributed by atoms with Crippen molar-refractivity contribution in [2.75, 3.05) is 59.5 Å². The van der Waals surface area contributed by atoms with E-state index in [9.17, 15) is 0 Å². The molecule has 2 atom stereocenters. The molecule has 2 saturated heterocycles. The average Bonchev–Trinajstić information content (AvgIpc) is 3.17. The molecule has 0 amide bonds. The van der Waals surface area contributed by atoms with Crippen molar-refractivity contribution in [3.05, 3.63) is 21.9 Å². The summed E-state index contributed by atoms with van der Waals surface area (Å²) in [6, 6.07) is 5.61. The molecule has 2 N–H and O–H groups in total. The van der Waals surface area contributed by atoms with Crippen LogP contribution in [0.1, 0.15) is 48.4 Å². The third kappa shape index (κ3) is 6.95. The van der Waals surface area contributed by atoms with E-state index in [4.69, 9.17) is 4.74 Å². The van der Waals surface area contributed by atoms with E-state index in [1.54, 1.807) is 0 Å². The SMILES string of the molecule is CN=C(NCCCN1CCCCC1C)NCC(c1ccc(C)s1)N1CCOCC1. The summed E-state index contributed by atoms with van der Waals surface area (Å²) in [6.07, 6.45) is 5.25. The number of rotatable bonds is 8.